The zero-order valence-corrected chi connectivity index (χ0v) is 10.1. The van der Waals surface area contributed by atoms with Crippen LogP contribution in [0.25, 0.3) is 6.08 Å². The van der Waals surface area contributed by atoms with Crippen molar-refractivity contribution in [1.29, 1.82) is 0 Å². The largest absolute Gasteiger partial charge is 0.421 e. The molecule has 4 nitrogen and oxygen atoms in total. The van der Waals surface area contributed by atoms with Crippen LogP contribution in [-0.4, -0.2) is 18.2 Å². The lowest BCUT2D eigenvalue weighted by Crippen LogP contribution is -2.19. The first-order valence-electron chi connectivity index (χ1n) is 5.26. The predicted octanol–water partition coefficient (Wildman–Crippen LogP) is 2.29. The van der Waals surface area contributed by atoms with E-state index in [0.717, 1.165) is 0 Å². The van der Waals surface area contributed by atoms with Gasteiger partial charge in [0.2, 0.25) is 0 Å². The molecular formula is C13H13FO4. The minimum absolute atomic E-state index is 0.307. The summed E-state index contributed by atoms with van der Waals surface area (Å²) in [6.45, 7) is 2.38. The molecule has 0 spiro atoms. The first-order valence-corrected chi connectivity index (χ1v) is 5.26. The number of hydrogen-bond donors (Lipinski definition) is 0. The number of rotatable bonds is 4. The van der Waals surface area contributed by atoms with Crippen molar-refractivity contribution in [2.24, 2.45) is 0 Å². The lowest BCUT2D eigenvalue weighted by Gasteiger charge is -2.12. The molecule has 0 radical (unpaired) electrons. The van der Waals surface area contributed by atoms with Crippen molar-refractivity contribution in [3.05, 3.63) is 41.7 Å². The summed E-state index contributed by atoms with van der Waals surface area (Å²) in [5.74, 6) is -1.61. The second-order valence-electron chi connectivity index (χ2n) is 3.47. The molecule has 0 unspecified atom stereocenters. The van der Waals surface area contributed by atoms with E-state index in [2.05, 4.69) is 0 Å². The van der Waals surface area contributed by atoms with Gasteiger partial charge in [-0.2, -0.15) is 0 Å². The molecule has 0 heterocycles. The summed E-state index contributed by atoms with van der Waals surface area (Å²) in [5, 5.41) is 0. The van der Waals surface area contributed by atoms with Crippen LogP contribution >= 0.6 is 0 Å². The second kappa shape index (κ2) is 6.54. The molecule has 0 saturated carbocycles. The van der Waals surface area contributed by atoms with Crippen LogP contribution < -0.4 is 0 Å². The van der Waals surface area contributed by atoms with Crippen molar-refractivity contribution in [1.82, 2.24) is 0 Å². The number of carbonyl (C=O) groups is 2. The maximum atomic E-state index is 13.3. The summed E-state index contributed by atoms with van der Waals surface area (Å²) < 4.78 is 22.8. The third kappa shape index (κ3) is 4.78. The van der Waals surface area contributed by atoms with Crippen molar-refractivity contribution in [3.8, 4) is 0 Å². The second-order valence-corrected chi connectivity index (χ2v) is 3.47. The van der Waals surface area contributed by atoms with Crippen LogP contribution in [0.15, 0.2) is 30.3 Å². The van der Waals surface area contributed by atoms with Gasteiger partial charge in [0.25, 0.3) is 6.29 Å². The maximum absolute atomic E-state index is 13.3. The first-order chi connectivity index (χ1) is 8.49. The first kappa shape index (κ1) is 13.9. The molecule has 0 aromatic heterocycles. The summed E-state index contributed by atoms with van der Waals surface area (Å²) in [5.41, 5.74) is 0.307. The van der Waals surface area contributed by atoms with Gasteiger partial charge in [0.15, 0.2) is 0 Å². The van der Waals surface area contributed by atoms with Crippen LogP contribution in [-0.2, 0) is 19.1 Å². The van der Waals surface area contributed by atoms with Gasteiger partial charge < -0.3 is 9.47 Å². The van der Waals surface area contributed by atoms with Crippen molar-refractivity contribution in [2.75, 3.05) is 0 Å². The monoisotopic (exact) mass is 252 g/mol. The molecule has 1 aromatic rings. The molecule has 0 saturated heterocycles. The average molecular weight is 252 g/mol. The molecule has 18 heavy (non-hydrogen) atoms. The molecule has 1 rings (SSSR count). The molecule has 5 heteroatoms. The fourth-order valence-corrected chi connectivity index (χ4v) is 1.22. The minimum Gasteiger partial charge on any atom is -0.421 e. The lowest BCUT2D eigenvalue weighted by molar-refractivity contribution is -0.176. The van der Waals surface area contributed by atoms with E-state index in [-0.39, 0.29) is 0 Å². The van der Waals surface area contributed by atoms with Gasteiger partial charge in [0.05, 0.1) is 0 Å². The fraction of sp³-hybridized carbons (Fsp3) is 0.231. The molecule has 0 fully saturated rings. The van der Waals surface area contributed by atoms with E-state index in [0.29, 0.717) is 5.56 Å². The molecule has 0 amide bonds. The van der Waals surface area contributed by atoms with Gasteiger partial charge in [-0.1, -0.05) is 18.2 Å². The third-order valence-corrected chi connectivity index (χ3v) is 1.90. The summed E-state index contributed by atoms with van der Waals surface area (Å²) in [7, 11) is 0. The smallest absolute Gasteiger partial charge is 0.305 e. The number of carbonyl (C=O) groups excluding carboxylic acids is 2. The molecule has 1 aromatic carbocycles. The Balaban J connectivity index is 2.79. The van der Waals surface area contributed by atoms with E-state index in [1.807, 2.05) is 0 Å². The summed E-state index contributed by atoms with van der Waals surface area (Å²) in [6.07, 6.45) is 1.52. The highest BCUT2D eigenvalue weighted by Crippen LogP contribution is 2.10. The van der Waals surface area contributed by atoms with E-state index in [9.17, 15) is 14.0 Å². The predicted molar refractivity (Wildman–Crippen MR) is 62.8 cm³/mol. The fourth-order valence-electron chi connectivity index (χ4n) is 1.22. The van der Waals surface area contributed by atoms with Crippen molar-refractivity contribution < 1.29 is 23.5 Å². The van der Waals surface area contributed by atoms with Crippen molar-refractivity contribution >= 4 is 18.0 Å². The van der Waals surface area contributed by atoms with Crippen LogP contribution in [0.2, 0.25) is 0 Å². The maximum Gasteiger partial charge on any atom is 0.305 e. The lowest BCUT2D eigenvalue weighted by atomic mass is 10.2. The van der Waals surface area contributed by atoms with E-state index in [1.54, 1.807) is 18.2 Å². The highest BCUT2D eigenvalue weighted by Gasteiger charge is 2.11. The van der Waals surface area contributed by atoms with E-state index < -0.39 is 24.0 Å². The Morgan fingerprint density at radius 1 is 1.17 bits per heavy atom. The Morgan fingerprint density at radius 3 is 2.22 bits per heavy atom. The summed E-state index contributed by atoms with van der Waals surface area (Å²) in [4.78, 5) is 21.6. The van der Waals surface area contributed by atoms with Gasteiger partial charge >= 0.3 is 11.9 Å². The van der Waals surface area contributed by atoms with Crippen LogP contribution in [0.5, 0.6) is 0 Å². The van der Waals surface area contributed by atoms with Crippen LogP contribution in [0.3, 0.4) is 0 Å². The standard InChI is InChI=1S/C13H13FO4/c1-9(15)17-13(18-10(2)16)8-7-11-5-3-4-6-12(11)14/h3-8,13H,1-2H3. The van der Waals surface area contributed by atoms with Crippen LogP contribution in [0, 0.1) is 5.82 Å². The third-order valence-electron chi connectivity index (χ3n) is 1.90. The quantitative estimate of drug-likeness (QED) is 0.609. The molecule has 0 aliphatic heterocycles. The Hall–Kier alpha value is -2.17. The van der Waals surface area contributed by atoms with Crippen molar-refractivity contribution in [2.45, 2.75) is 20.1 Å². The number of esters is 2. The van der Waals surface area contributed by atoms with Crippen LogP contribution in [0.4, 0.5) is 4.39 Å². The number of halogens is 1. The van der Waals surface area contributed by atoms with E-state index in [1.165, 1.54) is 32.1 Å². The Bertz CT molecular complexity index is 452. The number of benzene rings is 1. The highest BCUT2D eigenvalue weighted by molar-refractivity contribution is 5.68. The van der Waals surface area contributed by atoms with Gasteiger partial charge in [-0.3, -0.25) is 9.59 Å². The molecule has 0 atom stereocenters. The molecule has 0 bridgehead atoms. The Labute approximate surface area is 104 Å². The van der Waals surface area contributed by atoms with E-state index >= 15 is 0 Å². The Kier molecular flexibility index (Phi) is 5.05. The minimum atomic E-state index is -1.15. The summed E-state index contributed by atoms with van der Waals surface area (Å²) >= 11 is 0. The van der Waals surface area contributed by atoms with E-state index in [4.69, 9.17) is 9.47 Å². The van der Waals surface area contributed by atoms with Gasteiger partial charge in [0.1, 0.15) is 5.82 Å². The van der Waals surface area contributed by atoms with Gasteiger partial charge in [0, 0.05) is 19.4 Å². The zero-order valence-electron chi connectivity index (χ0n) is 10.1. The molecule has 0 N–H and O–H groups in total. The topological polar surface area (TPSA) is 52.6 Å². The molecule has 0 aliphatic carbocycles. The molecular weight excluding hydrogens is 239 g/mol. The molecule has 0 aliphatic rings. The zero-order chi connectivity index (χ0) is 13.5. The van der Waals surface area contributed by atoms with Crippen molar-refractivity contribution in [3.63, 3.8) is 0 Å². The number of ether oxygens (including phenoxy) is 2. The summed E-state index contributed by atoms with van der Waals surface area (Å²) in [6, 6.07) is 6.06. The average Bonchev–Trinajstić information content (AvgIpc) is 2.26. The Morgan fingerprint density at radius 2 is 1.72 bits per heavy atom. The van der Waals surface area contributed by atoms with Gasteiger partial charge in [-0.05, 0) is 18.2 Å². The van der Waals surface area contributed by atoms with Crippen LogP contribution in [0.1, 0.15) is 19.4 Å². The highest BCUT2D eigenvalue weighted by atomic mass is 19.1. The molecule has 96 valence electrons. The van der Waals surface area contributed by atoms with Gasteiger partial charge in [-0.15, -0.1) is 0 Å². The van der Waals surface area contributed by atoms with Gasteiger partial charge in [-0.25, -0.2) is 4.39 Å². The SMILES string of the molecule is CC(=O)OC(C=Cc1ccccc1F)OC(C)=O. The normalized spacial score (nSPS) is 10.7. The number of hydrogen-bond acceptors (Lipinski definition) is 4.